The van der Waals surface area contributed by atoms with Crippen LogP contribution >= 0.6 is 0 Å². The highest BCUT2D eigenvalue weighted by atomic mass is 16.7. The minimum absolute atomic E-state index is 0.0532. The van der Waals surface area contributed by atoms with E-state index in [-0.39, 0.29) is 5.91 Å². The lowest BCUT2D eigenvalue weighted by atomic mass is 10.0. The van der Waals surface area contributed by atoms with Crippen molar-refractivity contribution in [1.29, 1.82) is 0 Å². The molecule has 21 heavy (non-hydrogen) atoms. The molecule has 2 N–H and O–H groups in total. The van der Waals surface area contributed by atoms with Gasteiger partial charge in [-0.1, -0.05) is 0 Å². The number of ether oxygens (including phenoxy) is 3. The highest BCUT2D eigenvalue weighted by Gasteiger charge is 2.42. The molecule has 2 heterocycles. The van der Waals surface area contributed by atoms with Crippen LogP contribution in [0.2, 0.25) is 0 Å². The molecule has 6 nitrogen and oxygen atoms in total. The second kappa shape index (κ2) is 5.54. The van der Waals surface area contributed by atoms with Crippen LogP contribution < -0.4 is 10.5 Å². The minimum Gasteiger partial charge on any atom is -0.495 e. The molecule has 2 aliphatic rings. The van der Waals surface area contributed by atoms with Gasteiger partial charge in [0.1, 0.15) is 5.75 Å². The summed E-state index contributed by atoms with van der Waals surface area (Å²) in [5.74, 6) is -0.0852. The van der Waals surface area contributed by atoms with Gasteiger partial charge in [-0.2, -0.15) is 0 Å². The zero-order valence-corrected chi connectivity index (χ0v) is 12.1. The van der Waals surface area contributed by atoms with Gasteiger partial charge < -0.3 is 24.8 Å². The molecule has 0 aromatic heterocycles. The molecule has 0 atom stereocenters. The number of hydrogen-bond acceptors (Lipinski definition) is 5. The molecule has 6 heteroatoms. The number of nitrogen functional groups attached to an aromatic ring is 1. The van der Waals surface area contributed by atoms with Gasteiger partial charge in [-0.3, -0.25) is 4.79 Å². The van der Waals surface area contributed by atoms with Gasteiger partial charge in [-0.25, -0.2) is 0 Å². The van der Waals surface area contributed by atoms with E-state index < -0.39 is 5.79 Å². The highest BCUT2D eigenvalue weighted by molar-refractivity contribution is 5.95. The van der Waals surface area contributed by atoms with E-state index >= 15 is 0 Å². The summed E-state index contributed by atoms with van der Waals surface area (Å²) in [6, 6.07) is 5.10. The summed E-state index contributed by atoms with van der Waals surface area (Å²) in [4.78, 5) is 14.4. The highest BCUT2D eigenvalue weighted by Crippen LogP contribution is 2.31. The van der Waals surface area contributed by atoms with Crippen LogP contribution in [0.3, 0.4) is 0 Å². The monoisotopic (exact) mass is 292 g/mol. The maximum Gasteiger partial charge on any atom is 0.254 e. The van der Waals surface area contributed by atoms with Crippen LogP contribution in [-0.4, -0.2) is 50.0 Å². The topological polar surface area (TPSA) is 74.0 Å². The van der Waals surface area contributed by atoms with Gasteiger partial charge in [0.2, 0.25) is 0 Å². The van der Waals surface area contributed by atoms with Crippen molar-refractivity contribution in [3.63, 3.8) is 0 Å². The smallest absolute Gasteiger partial charge is 0.254 e. The van der Waals surface area contributed by atoms with Crippen molar-refractivity contribution in [2.24, 2.45) is 0 Å². The summed E-state index contributed by atoms with van der Waals surface area (Å²) in [6.07, 6.45) is 1.71. The van der Waals surface area contributed by atoms with E-state index in [9.17, 15) is 4.79 Å². The molecule has 0 saturated carbocycles. The van der Waals surface area contributed by atoms with Crippen LogP contribution in [0, 0.1) is 0 Å². The number of carbonyl (C=O) groups is 1. The lowest BCUT2D eigenvalue weighted by Gasteiger charge is -2.38. The van der Waals surface area contributed by atoms with Crippen LogP contribution in [0.15, 0.2) is 18.2 Å². The lowest BCUT2D eigenvalue weighted by Crippen LogP contribution is -2.51. The molecular formula is C15H20N2O4. The predicted molar refractivity (Wildman–Crippen MR) is 77.2 cm³/mol. The maximum atomic E-state index is 12.6. The molecule has 2 aliphatic heterocycles. The number of likely N-dealkylation sites (tertiary alicyclic amines) is 1. The number of piperidine rings is 1. The molecule has 114 valence electrons. The fraction of sp³-hybridized carbons (Fsp3) is 0.533. The Kier molecular flexibility index (Phi) is 3.73. The Hall–Kier alpha value is -1.79. The number of nitrogens with zero attached hydrogens (tertiary/aromatic N) is 1. The summed E-state index contributed by atoms with van der Waals surface area (Å²) in [5.41, 5.74) is 6.89. The van der Waals surface area contributed by atoms with Crippen LogP contribution in [0.1, 0.15) is 23.2 Å². The Morgan fingerprint density at radius 2 is 2.14 bits per heavy atom. The Labute approximate surface area is 123 Å². The van der Waals surface area contributed by atoms with E-state index in [0.717, 1.165) is 12.8 Å². The molecule has 1 spiro atoms. The van der Waals surface area contributed by atoms with Gasteiger partial charge in [0.25, 0.3) is 5.91 Å². The first-order valence-corrected chi connectivity index (χ1v) is 7.14. The summed E-state index contributed by atoms with van der Waals surface area (Å²) in [5, 5.41) is 0. The molecule has 0 unspecified atom stereocenters. The zero-order chi connectivity index (χ0) is 14.9. The van der Waals surface area contributed by atoms with Gasteiger partial charge in [0.05, 0.1) is 32.6 Å². The molecule has 2 fully saturated rings. The van der Waals surface area contributed by atoms with Gasteiger partial charge in [0, 0.05) is 18.5 Å². The van der Waals surface area contributed by atoms with Crippen molar-refractivity contribution in [1.82, 2.24) is 4.90 Å². The third-order valence-corrected chi connectivity index (χ3v) is 3.99. The van der Waals surface area contributed by atoms with Crippen LogP contribution in [0.4, 0.5) is 5.69 Å². The minimum atomic E-state index is -0.605. The largest absolute Gasteiger partial charge is 0.495 e. The Balaban J connectivity index is 1.76. The SMILES string of the molecule is COc1ccc(C(=O)N2CCCC3(C2)OCCO3)cc1N. The summed E-state index contributed by atoms with van der Waals surface area (Å²) in [6.45, 7) is 2.37. The molecule has 1 aromatic carbocycles. The van der Waals surface area contributed by atoms with Crippen LogP contribution in [0.5, 0.6) is 5.75 Å². The van der Waals surface area contributed by atoms with Crippen molar-refractivity contribution in [2.75, 3.05) is 39.1 Å². The van der Waals surface area contributed by atoms with Gasteiger partial charge in [-0.05, 0) is 24.6 Å². The Morgan fingerprint density at radius 1 is 1.38 bits per heavy atom. The number of rotatable bonds is 2. The third kappa shape index (κ3) is 2.69. The first-order chi connectivity index (χ1) is 10.1. The van der Waals surface area contributed by atoms with E-state index in [2.05, 4.69) is 0 Å². The number of benzene rings is 1. The van der Waals surface area contributed by atoms with Gasteiger partial charge in [0.15, 0.2) is 5.79 Å². The van der Waals surface area contributed by atoms with Crippen molar-refractivity contribution in [2.45, 2.75) is 18.6 Å². The van der Waals surface area contributed by atoms with E-state index in [1.165, 1.54) is 0 Å². The van der Waals surface area contributed by atoms with Crippen LogP contribution in [-0.2, 0) is 9.47 Å². The quantitative estimate of drug-likeness (QED) is 0.831. The fourth-order valence-electron chi connectivity index (χ4n) is 2.94. The average molecular weight is 292 g/mol. The second-order valence-corrected chi connectivity index (χ2v) is 5.39. The molecule has 0 aliphatic carbocycles. The predicted octanol–water partition coefficient (Wildman–Crippen LogP) is 1.26. The standard InChI is InChI=1S/C15H20N2O4/c1-19-13-4-3-11(9-12(13)16)14(18)17-6-2-5-15(10-17)20-7-8-21-15/h3-4,9H,2,5-8,10,16H2,1H3. The van der Waals surface area contributed by atoms with E-state index in [1.54, 1.807) is 30.2 Å². The number of hydrogen-bond donors (Lipinski definition) is 1. The average Bonchev–Trinajstić information content (AvgIpc) is 2.94. The van der Waals surface area contributed by atoms with Crippen molar-refractivity contribution < 1.29 is 19.0 Å². The molecule has 0 radical (unpaired) electrons. The molecule has 0 bridgehead atoms. The molecule has 2 saturated heterocycles. The summed E-state index contributed by atoms with van der Waals surface area (Å²) in [7, 11) is 1.55. The van der Waals surface area contributed by atoms with E-state index in [1.807, 2.05) is 0 Å². The molecule has 1 amide bonds. The molecule has 1 aromatic rings. The lowest BCUT2D eigenvalue weighted by molar-refractivity contribution is -0.183. The third-order valence-electron chi connectivity index (χ3n) is 3.99. The fourth-order valence-corrected chi connectivity index (χ4v) is 2.94. The Morgan fingerprint density at radius 3 is 2.81 bits per heavy atom. The number of nitrogens with two attached hydrogens (primary N) is 1. The second-order valence-electron chi connectivity index (χ2n) is 5.39. The van der Waals surface area contributed by atoms with Gasteiger partial charge in [-0.15, -0.1) is 0 Å². The molecular weight excluding hydrogens is 272 g/mol. The Bertz CT molecular complexity index is 540. The normalized spacial score (nSPS) is 20.7. The van der Waals surface area contributed by atoms with Gasteiger partial charge >= 0.3 is 0 Å². The number of carbonyl (C=O) groups excluding carboxylic acids is 1. The summed E-state index contributed by atoms with van der Waals surface area (Å²) < 4.78 is 16.5. The van der Waals surface area contributed by atoms with E-state index in [0.29, 0.717) is 43.3 Å². The van der Waals surface area contributed by atoms with Crippen molar-refractivity contribution in [3.8, 4) is 5.75 Å². The van der Waals surface area contributed by atoms with Crippen molar-refractivity contribution in [3.05, 3.63) is 23.8 Å². The number of methoxy groups -OCH3 is 1. The maximum absolute atomic E-state index is 12.6. The molecule has 3 rings (SSSR count). The zero-order valence-electron chi connectivity index (χ0n) is 12.1. The number of amides is 1. The van der Waals surface area contributed by atoms with Crippen LogP contribution in [0.25, 0.3) is 0 Å². The first-order valence-electron chi connectivity index (χ1n) is 7.14. The number of anilines is 1. The first kappa shape index (κ1) is 14.2. The van der Waals surface area contributed by atoms with E-state index in [4.69, 9.17) is 19.9 Å². The summed E-state index contributed by atoms with van der Waals surface area (Å²) >= 11 is 0. The van der Waals surface area contributed by atoms with Crippen molar-refractivity contribution >= 4 is 11.6 Å².